The first-order valence-electron chi connectivity index (χ1n) is 5.54. The highest BCUT2D eigenvalue weighted by Gasteiger charge is 2.38. The Morgan fingerprint density at radius 3 is 2.55 bits per heavy atom. The van der Waals surface area contributed by atoms with Crippen molar-refractivity contribution in [1.82, 2.24) is 0 Å². The summed E-state index contributed by atoms with van der Waals surface area (Å²) in [6, 6.07) is 7.07. The maximum absolute atomic E-state index is 11.7. The second-order valence-corrected chi connectivity index (χ2v) is 6.65. The fraction of sp³-hybridized carbons (Fsp3) is 0.250. The molecule has 0 radical (unpaired) electrons. The van der Waals surface area contributed by atoms with Gasteiger partial charge in [-0.25, -0.2) is 4.79 Å². The molecule has 1 N–H and O–H groups in total. The van der Waals surface area contributed by atoms with Crippen molar-refractivity contribution >= 4 is 59.4 Å². The van der Waals surface area contributed by atoms with Crippen molar-refractivity contribution in [1.29, 1.82) is 0 Å². The number of benzene rings is 1. The average Bonchev–Trinajstić information content (AvgIpc) is 2.73. The number of cyclic esters (lactones) is 1. The lowest BCUT2D eigenvalue weighted by Gasteiger charge is -2.13. The van der Waals surface area contributed by atoms with Gasteiger partial charge in [-0.15, -0.1) is 5.11 Å². The van der Waals surface area contributed by atoms with E-state index < -0.39 is 12.1 Å². The summed E-state index contributed by atoms with van der Waals surface area (Å²) in [7, 11) is 0. The zero-order valence-corrected chi connectivity index (χ0v) is 14.7. The Balaban J connectivity index is 2.21. The summed E-state index contributed by atoms with van der Waals surface area (Å²) in [5, 5.41) is 18.2. The van der Waals surface area contributed by atoms with Crippen LogP contribution in [-0.4, -0.2) is 27.3 Å². The van der Waals surface area contributed by atoms with Gasteiger partial charge in [-0.3, -0.25) is 0 Å². The minimum atomic E-state index is -0.749. The number of rotatable bonds is 4. The lowest BCUT2D eigenvalue weighted by Crippen LogP contribution is -2.24. The summed E-state index contributed by atoms with van der Waals surface area (Å²) < 4.78 is 5.96. The molecule has 1 aliphatic heterocycles. The molecule has 2 atom stereocenters. The Morgan fingerprint density at radius 1 is 1.30 bits per heavy atom. The van der Waals surface area contributed by atoms with E-state index in [-0.39, 0.29) is 16.3 Å². The van der Waals surface area contributed by atoms with Crippen LogP contribution in [0.15, 0.2) is 50.4 Å². The normalized spacial score (nSPS) is 20.6. The van der Waals surface area contributed by atoms with Crippen LogP contribution in [0.1, 0.15) is 0 Å². The molecule has 1 aliphatic rings. The van der Waals surface area contributed by atoms with Gasteiger partial charge in [0.05, 0.1) is 10.5 Å². The van der Waals surface area contributed by atoms with Crippen molar-refractivity contribution in [3.8, 4) is 0 Å². The van der Waals surface area contributed by atoms with E-state index in [4.69, 9.17) is 4.74 Å². The minimum absolute atomic E-state index is 0.164. The third kappa shape index (κ3) is 3.48. The van der Waals surface area contributed by atoms with Crippen LogP contribution in [0.5, 0.6) is 0 Å². The van der Waals surface area contributed by atoms with Crippen LogP contribution >= 0.6 is 47.8 Å². The summed E-state index contributed by atoms with van der Waals surface area (Å²) >= 11 is 9.86. The van der Waals surface area contributed by atoms with E-state index in [1.807, 2.05) is 0 Å². The van der Waals surface area contributed by atoms with Crippen LogP contribution in [0.25, 0.3) is 0 Å². The average molecular weight is 469 g/mol. The summed E-state index contributed by atoms with van der Waals surface area (Å²) in [4.78, 5) is 11.4. The fourth-order valence-electron chi connectivity index (χ4n) is 1.50. The number of ether oxygens (including phenoxy) is 1. The Morgan fingerprint density at radius 2 is 1.95 bits per heavy atom. The van der Waals surface area contributed by atoms with Crippen molar-refractivity contribution in [3.63, 3.8) is 0 Å². The van der Waals surface area contributed by atoms with E-state index in [0.717, 1.165) is 4.47 Å². The lowest BCUT2D eigenvalue weighted by atomic mass is 10.2. The molecule has 0 saturated heterocycles. The van der Waals surface area contributed by atoms with Crippen molar-refractivity contribution in [2.45, 2.75) is 10.9 Å². The molecular weight excluding hydrogens is 460 g/mol. The third-order valence-electron chi connectivity index (χ3n) is 2.51. The smallest absolute Gasteiger partial charge is 0.363 e. The topological polar surface area (TPSA) is 71.2 Å². The maximum Gasteiger partial charge on any atom is 0.363 e. The molecule has 0 saturated carbocycles. The standard InChI is InChI=1S/C12H9Br3N2O3/c13-5-8(15)11-10(18)9(12(19)20-11)17-16-7-3-1-6(14)2-4-7/h1-4,8,11,18H,5H2/t8-,11?/m0/s1. The SMILES string of the molecule is O=C1OC([C@@H](Br)CBr)C(O)=C1N=Nc1ccc(Br)cc1. The highest BCUT2D eigenvalue weighted by atomic mass is 79.9. The molecule has 0 aliphatic carbocycles. The first-order valence-corrected chi connectivity index (χ1v) is 8.37. The molecule has 1 aromatic carbocycles. The number of hydrogen-bond acceptors (Lipinski definition) is 5. The van der Waals surface area contributed by atoms with Gasteiger partial charge in [0.2, 0.25) is 5.70 Å². The Kier molecular flexibility index (Phi) is 5.34. The van der Waals surface area contributed by atoms with Gasteiger partial charge in [0.1, 0.15) is 0 Å². The highest BCUT2D eigenvalue weighted by Crippen LogP contribution is 2.29. The number of aliphatic hydroxyl groups excluding tert-OH is 1. The van der Waals surface area contributed by atoms with Crippen molar-refractivity contribution < 1.29 is 14.6 Å². The molecule has 0 fully saturated rings. The number of nitrogens with zero attached hydrogens (tertiary/aromatic N) is 2. The van der Waals surface area contributed by atoms with E-state index >= 15 is 0 Å². The lowest BCUT2D eigenvalue weighted by molar-refractivity contribution is -0.140. The van der Waals surface area contributed by atoms with Gasteiger partial charge in [-0.05, 0) is 24.3 Å². The molecule has 1 unspecified atom stereocenters. The molecule has 5 nitrogen and oxygen atoms in total. The summed E-state index contributed by atoms with van der Waals surface area (Å²) in [6.45, 7) is 0. The molecule has 106 valence electrons. The number of alkyl halides is 2. The van der Waals surface area contributed by atoms with Gasteiger partial charge in [-0.1, -0.05) is 47.8 Å². The summed E-state index contributed by atoms with van der Waals surface area (Å²) in [5.41, 5.74) is 0.406. The van der Waals surface area contributed by atoms with Gasteiger partial charge in [0, 0.05) is 9.80 Å². The molecule has 8 heteroatoms. The second-order valence-electron chi connectivity index (χ2n) is 3.91. The number of carbonyl (C=O) groups is 1. The fourth-order valence-corrected chi connectivity index (χ4v) is 2.46. The van der Waals surface area contributed by atoms with Gasteiger partial charge in [0.15, 0.2) is 11.9 Å². The molecule has 0 amide bonds. The number of azo groups is 1. The molecule has 1 heterocycles. The number of halogens is 3. The zero-order chi connectivity index (χ0) is 14.7. The third-order valence-corrected chi connectivity index (χ3v) is 5.41. The van der Waals surface area contributed by atoms with Crippen molar-refractivity contribution in [3.05, 3.63) is 40.2 Å². The molecule has 1 aromatic rings. The molecule has 0 spiro atoms. The van der Waals surface area contributed by atoms with E-state index in [9.17, 15) is 9.90 Å². The van der Waals surface area contributed by atoms with E-state index in [1.165, 1.54) is 0 Å². The monoisotopic (exact) mass is 466 g/mol. The second kappa shape index (κ2) is 6.82. The van der Waals surface area contributed by atoms with Crippen LogP contribution < -0.4 is 0 Å². The Hall–Kier alpha value is -0.730. The number of esters is 1. The zero-order valence-electron chi connectivity index (χ0n) is 9.96. The van der Waals surface area contributed by atoms with Crippen LogP contribution in [0.2, 0.25) is 0 Å². The number of carbonyl (C=O) groups excluding carboxylic acids is 1. The predicted molar refractivity (Wildman–Crippen MR) is 84.7 cm³/mol. The van der Waals surface area contributed by atoms with Crippen LogP contribution in [0, 0.1) is 0 Å². The molecule has 0 bridgehead atoms. The number of hydrogen-bond donors (Lipinski definition) is 1. The summed E-state index contributed by atoms with van der Waals surface area (Å²) in [6.07, 6.45) is -0.749. The van der Waals surface area contributed by atoms with Crippen molar-refractivity contribution in [2.24, 2.45) is 10.2 Å². The maximum atomic E-state index is 11.7. The van der Waals surface area contributed by atoms with Gasteiger partial charge >= 0.3 is 5.97 Å². The van der Waals surface area contributed by atoms with Crippen LogP contribution in [0.3, 0.4) is 0 Å². The van der Waals surface area contributed by atoms with E-state index in [0.29, 0.717) is 11.0 Å². The minimum Gasteiger partial charge on any atom is -0.506 e. The van der Waals surface area contributed by atoms with Gasteiger partial charge in [-0.2, -0.15) is 5.11 Å². The molecule has 2 rings (SSSR count). The van der Waals surface area contributed by atoms with Crippen LogP contribution in [0.4, 0.5) is 5.69 Å². The summed E-state index contributed by atoms with van der Waals surface area (Å²) in [5.74, 6) is -0.893. The molecule has 20 heavy (non-hydrogen) atoms. The largest absolute Gasteiger partial charge is 0.506 e. The van der Waals surface area contributed by atoms with Gasteiger partial charge in [0.25, 0.3) is 0 Å². The van der Waals surface area contributed by atoms with Gasteiger partial charge < -0.3 is 9.84 Å². The molecular formula is C12H9Br3N2O3. The predicted octanol–water partition coefficient (Wildman–Crippen LogP) is 4.39. The Bertz CT molecular complexity index is 572. The van der Waals surface area contributed by atoms with Crippen molar-refractivity contribution in [2.75, 3.05) is 5.33 Å². The highest BCUT2D eigenvalue weighted by molar-refractivity contribution is 9.12. The molecule has 0 aromatic heterocycles. The van der Waals surface area contributed by atoms with Crippen LogP contribution in [-0.2, 0) is 9.53 Å². The number of aliphatic hydroxyl groups is 1. The Labute approximate surface area is 140 Å². The first-order chi connectivity index (χ1) is 9.52. The van der Waals surface area contributed by atoms with E-state index in [2.05, 4.69) is 58.0 Å². The quantitative estimate of drug-likeness (QED) is 0.405. The first kappa shape index (κ1) is 15.7. The van der Waals surface area contributed by atoms with E-state index in [1.54, 1.807) is 24.3 Å².